The van der Waals surface area contributed by atoms with Gasteiger partial charge in [0.25, 0.3) is 0 Å². The second-order valence-corrected chi connectivity index (χ2v) is 5.46. The average molecular weight is 241 g/mol. The van der Waals surface area contributed by atoms with E-state index in [1.54, 1.807) is 0 Å². The van der Waals surface area contributed by atoms with E-state index in [0.29, 0.717) is 12.0 Å². The largest absolute Gasteiger partial charge is 0.393 e. The van der Waals surface area contributed by atoms with Crippen LogP contribution in [-0.4, -0.2) is 48.5 Å². The van der Waals surface area contributed by atoms with Crippen LogP contribution in [-0.2, 0) is 4.74 Å². The topological polar surface area (TPSA) is 32.7 Å². The summed E-state index contributed by atoms with van der Waals surface area (Å²) >= 11 is 0. The molecule has 3 nitrogen and oxygen atoms in total. The molecular weight excluding hydrogens is 214 g/mol. The van der Waals surface area contributed by atoms with Crippen molar-refractivity contribution in [3.8, 4) is 0 Å². The van der Waals surface area contributed by atoms with Crippen LogP contribution >= 0.6 is 0 Å². The first kappa shape index (κ1) is 13.3. The quantitative estimate of drug-likeness (QED) is 0.748. The third-order valence-electron chi connectivity index (χ3n) is 4.42. The predicted molar refractivity (Wildman–Crippen MR) is 69.1 cm³/mol. The summed E-state index contributed by atoms with van der Waals surface area (Å²) in [5.41, 5.74) is 0. The highest BCUT2D eigenvalue weighted by atomic mass is 16.5. The molecule has 0 amide bonds. The standard InChI is InChI=1S/C14H27NO2/c1-2-17-11-10-15-9-5-7-13(15)12-6-3-4-8-14(12)16/h12-14,16H,2-11H2,1H3. The molecule has 2 aliphatic rings. The molecule has 1 heterocycles. The molecule has 0 radical (unpaired) electrons. The van der Waals surface area contributed by atoms with Gasteiger partial charge < -0.3 is 9.84 Å². The van der Waals surface area contributed by atoms with Gasteiger partial charge in [-0.3, -0.25) is 4.90 Å². The molecule has 0 aromatic carbocycles. The van der Waals surface area contributed by atoms with E-state index >= 15 is 0 Å². The van der Waals surface area contributed by atoms with Gasteiger partial charge in [0.05, 0.1) is 12.7 Å². The van der Waals surface area contributed by atoms with Crippen molar-refractivity contribution in [2.75, 3.05) is 26.3 Å². The molecule has 1 aliphatic heterocycles. The summed E-state index contributed by atoms with van der Waals surface area (Å²) in [6, 6.07) is 0.616. The van der Waals surface area contributed by atoms with Crippen LogP contribution in [0.5, 0.6) is 0 Å². The number of aliphatic hydroxyl groups is 1. The van der Waals surface area contributed by atoms with Gasteiger partial charge in [0.15, 0.2) is 0 Å². The summed E-state index contributed by atoms with van der Waals surface area (Å²) in [5, 5.41) is 10.2. The molecule has 2 fully saturated rings. The Kier molecular flexibility index (Phi) is 5.26. The third kappa shape index (κ3) is 3.43. The lowest BCUT2D eigenvalue weighted by molar-refractivity contribution is 0.0138. The Hall–Kier alpha value is -0.120. The van der Waals surface area contributed by atoms with Crippen LogP contribution in [0, 0.1) is 5.92 Å². The summed E-state index contributed by atoms with van der Waals surface area (Å²) in [5.74, 6) is 0.521. The second-order valence-electron chi connectivity index (χ2n) is 5.46. The lowest BCUT2D eigenvalue weighted by Gasteiger charge is -2.37. The van der Waals surface area contributed by atoms with Crippen molar-refractivity contribution in [3.05, 3.63) is 0 Å². The first-order valence-electron chi connectivity index (χ1n) is 7.32. The lowest BCUT2D eigenvalue weighted by Crippen LogP contribution is -2.43. The molecule has 3 heteroatoms. The van der Waals surface area contributed by atoms with Gasteiger partial charge in [-0.1, -0.05) is 12.8 Å². The fourth-order valence-corrected chi connectivity index (χ4v) is 3.53. The maximum absolute atomic E-state index is 10.2. The van der Waals surface area contributed by atoms with Crippen LogP contribution in [0.3, 0.4) is 0 Å². The summed E-state index contributed by atoms with van der Waals surface area (Å²) in [6.45, 7) is 5.94. The number of ether oxygens (including phenoxy) is 1. The highest BCUT2D eigenvalue weighted by Gasteiger charge is 2.36. The summed E-state index contributed by atoms with van der Waals surface area (Å²) in [4.78, 5) is 2.55. The van der Waals surface area contributed by atoms with Gasteiger partial charge in [0.1, 0.15) is 0 Å². The molecule has 3 atom stereocenters. The molecule has 1 saturated carbocycles. The van der Waals surface area contributed by atoms with Gasteiger partial charge >= 0.3 is 0 Å². The van der Waals surface area contributed by atoms with Crippen molar-refractivity contribution < 1.29 is 9.84 Å². The van der Waals surface area contributed by atoms with Crippen LogP contribution in [0.15, 0.2) is 0 Å². The Morgan fingerprint density at radius 2 is 2.00 bits per heavy atom. The van der Waals surface area contributed by atoms with E-state index in [1.165, 1.54) is 38.6 Å². The first-order chi connectivity index (χ1) is 8.33. The van der Waals surface area contributed by atoms with Gasteiger partial charge in [0, 0.05) is 25.1 Å². The van der Waals surface area contributed by atoms with Crippen LogP contribution in [0.1, 0.15) is 45.4 Å². The van der Waals surface area contributed by atoms with Gasteiger partial charge in [-0.15, -0.1) is 0 Å². The lowest BCUT2D eigenvalue weighted by atomic mass is 9.80. The smallest absolute Gasteiger partial charge is 0.0593 e. The zero-order chi connectivity index (χ0) is 12.1. The first-order valence-corrected chi connectivity index (χ1v) is 7.32. The molecule has 0 aromatic rings. The minimum Gasteiger partial charge on any atom is -0.393 e. The molecule has 3 unspecified atom stereocenters. The molecular formula is C14H27NO2. The van der Waals surface area contributed by atoms with Gasteiger partial charge in [-0.25, -0.2) is 0 Å². The monoisotopic (exact) mass is 241 g/mol. The van der Waals surface area contributed by atoms with Gasteiger partial charge in [-0.2, -0.15) is 0 Å². The highest BCUT2D eigenvalue weighted by molar-refractivity contribution is 4.90. The molecule has 1 N–H and O–H groups in total. The number of aliphatic hydroxyl groups excluding tert-OH is 1. The molecule has 0 spiro atoms. The average Bonchev–Trinajstić information content (AvgIpc) is 2.78. The van der Waals surface area contributed by atoms with Gasteiger partial charge in [-0.05, 0) is 39.2 Å². The molecule has 17 heavy (non-hydrogen) atoms. The summed E-state index contributed by atoms with van der Waals surface area (Å²) in [6.07, 6.45) is 7.26. The Morgan fingerprint density at radius 1 is 1.18 bits per heavy atom. The zero-order valence-electron chi connectivity index (χ0n) is 11.1. The van der Waals surface area contributed by atoms with Crippen LogP contribution in [0.2, 0.25) is 0 Å². The summed E-state index contributed by atoms with van der Waals surface area (Å²) < 4.78 is 5.45. The predicted octanol–water partition coefficient (Wildman–Crippen LogP) is 2.04. The molecule has 0 aromatic heterocycles. The number of nitrogens with zero attached hydrogens (tertiary/aromatic N) is 1. The third-order valence-corrected chi connectivity index (χ3v) is 4.42. The minimum absolute atomic E-state index is 0.0542. The normalized spacial score (nSPS) is 35.3. The van der Waals surface area contributed by atoms with E-state index in [1.807, 2.05) is 6.92 Å². The van der Waals surface area contributed by atoms with E-state index in [0.717, 1.165) is 26.2 Å². The number of hydrogen-bond donors (Lipinski definition) is 1. The van der Waals surface area contributed by atoms with E-state index in [-0.39, 0.29) is 6.10 Å². The van der Waals surface area contributed by atoms with Crippen molar-refractivity contribution in [2.24, 2.45) is 5.92 Å². The minimum atomic E-state index is -0.0542. The maximum atomic E-state index is 10.2. The SMILES string of the molecule is CCOCCN1CCCC1C1CCCCC1O. The van der Waals surface area contributed by atoms with Crippen molar-refractivity contribution in [2.45, 2.75) is 57.6 Å². The molecule has 0 bridgehead atoms. The van der Waals surface area contributed by atoms with Crippen molar-refractivity contribution in [3.63, 3.8) is 0 Å². The number of hydrogen-bond acceptors (Lipinski definition) is 3. The number of likely N-dealkylation sites (tertiary alicyclic amines) is 1. The van der Waals surface area contributed by atoms with Crippen LogP contribution < -0.4 is 0 Å². The van der Waals surface area contributed by atoms with Crippen LogP contribution in [0.4, 0.5) is 0 Å². The van der Waals surface area contributed by atoms with E-state index in [9.17, 15) is 5.11 Å². The van der Waals surface area contributed by atoms with Gasteiger partial charge in [0.2, 0.25) is 0 Å². The molecule has 100 valence electrons. The summed E-state index contributed by atoms with van der Waals surface area (Å²) in [7, 11) is 0. The van der Waals surface area contributed by atoms with Crippen LogP contribution in [0.25, 0.3) is 0 Å². The Labute approximate surface area is 105 Å². The Balaban J connectivity index is 1.84. The maximum Gasteiger partial charge on any atom is 0.0593 e. The van der Waals surface area contributed by atoms with Crippen molar-refractivity contribution in [1.82, 2.24) is 4.90 Å². The fourth-order valence-electron chi connectivity index (χ4n) is 3.53. The molecule has 1 aliphatic carbocycles. The Bertz CT molecular complexity index is 222. The molecule has 2 rings (SSSR count). The van der Waals surface area contributed by atoms with E-state index < -0.39 is 0 Å². The fraction of sp³-hybridized carbons (Fsp3) is 1.00. The van der Waals surface area contributed by atoms with Crippen molar-refractivity contribution >= 4 is 0 Å². The molecule has 1 saturated heterocycles. The van der Waals surface area contributed by atoms with Crippen molar-refractivity contribution in [1.29, 1.82) is 0 Å². The highest BCUT2D eigenvalue weighted by Crippen LogP contribution is 2.34. The second kappa shape index (κ2) is 6.72. The van der Waals surface area contributed by atoms with E-state index in [4.69, 9.17) is 4.74 Å². The Morgan fingerprint density at radius 3 is 2.76 bits per heavy atom. The zero-order valence-corrected chi connectivity index (χ0v) is 11.1. The number of rotatable bonds is 5. The van der Waals surface area contributed by atoms with E-state index in [2.05, 4.69) is 4.90 Å².